The van der Waals surface area contributed by atoms with Crippen molar-refractivity contribution in [1.29, 1.82) is 0 Å². The highest BCUT2D eigenvalue weighted by Crippen LogP contribution is 2.21. The second-order valence-corrected chi connectivity index (χ2v) is 5.99. The second-order valence-electron chi connectivity index (χ2n) is 5.14. The molecule has 7 nitrogen and oxygen atoms in total. The van der Waals surface area contributed by atoms with E-state index in [9.17, 15) is 9.59 Å². The number of aromatic amines is 1. The van der Waals surface area contributed by atoms with Crippen LogP contribution in [-0.4, -0.2) is 33.0 Å². The van der Waals surface area contributed by atoms with Gasteiger partial charge in [-0.05, 0) is 24.1 Å². The summed E-state index contributed by atoms with van der Waals surface area (Å²) in [6.45, 7) is 3.63. The van der Waals surface area contributed by atoms with Crippen molar-refractivity contribution in [1.82, 2.24) is 20.5 Å². The molecule has 0 saturated carbocycles. The number of hydrogen-bond donors (Lipinski definition) is 3. The average molecular weight is 356 g/mol. The molecule has 3 N–H and O–H groups in total. The number of H-pyrrole nitrogens is 1. The lowest BCUT2D eigenvalue weighted by molar-refractivity contribution is -0.118. The number of amides is 2. The molecule has 0 radical (unpaired) electrons. The van der Waals surface area contributed by atoms with Gasteiger partial charge in [0.2, 0.25) is 11.9 Å². The maximum absolute atomic E-state index is 12.3. The molecule has 0 aliphatic carbocycles. The Hall–Kier alpha value is -2.12. The molecule has 2 aromatic rings. The summed E-state index contributed by atoms with van der Waals surface area (Å²) in [4.78, 5) is 28.4. The Kier molecular flexibility index (Phi) is 5.57. The highest BCUT2D eigenvalue weighted by molar-refractivity contribution is 6.36. The molecule has 0 fully saturated rings. The molecule has 1 unspecified atom stereocenters. The molecule has 2 amide bonds. The van der Waals surface area contributed by atoms with E-state index in [0.717, 1.165) is 0 Å². The van der Waals surface area contributed by atoms with E-state index in [1.54, 1.807) is 6.07 Å². The van der Waals surface area contributed by atoms with Gasteiger partial charge in [-0.1, -0.05) is 37.0 Å². The minimum Gasteiger partial charge on any atom is -0.340 e. The Labute approximate surface area is 142 Å². The van der Waals surface area contributed by atoms with Crippen molar-refractivity contribution in [3.05, 3.63) is 40.1 Å². The summed E-state index contributed by atoms with van der Waals surface area (Å²) >= 11 is 11.8. The minimum absolute atomic E-state index is 0.145. The van der Waals surface area contributed by atoms with Gasteiger partial charge in [0.25, 0.3) is 5.91 Å². The molecule has 9 heteroatoms. The van der Waals surface area contributed by atoms with E-state index < -0.39 is 17.9 Å². The van der Waals surface area contributed by atoms with Crippen molar-refractivity contribution in [2.24, 2.45) is 5.92 Å². The van der Waals surface area contributed by atoms with Gasteiger partial charge in [0, 0.05) is 5.02 Å². The zero-order valence-corrected chi connectivity index (χ0v) is 13.9. The molecule has 0 spiro atoms. The predicted octanol–water partition coefficient (Wildman–Crippen LogP) is 2.50. The van der Waals surface area contributed by atoms with E-state index in [1.807, 2.05) is 13.8 Å². The Morgan fingerprint density at radius 3 is 2.57 bits per heavy atom. The maximum Gasteiger partial charge on any atom is 0.253 e. The summed E-state index contributed by atoms with van der Waals surface area (Å²) < 4.78 is 0. The third kappa shape index (κ3) is 4.43. The standard InChI is InChI=1S/C14H15Cl2N5O2/c1-7(2)11(13(23)20-14-17-6-18-21-14)19-12(22)9-4-3-8(15)5-10(9)16/h3-7,11H,1-2H3,(H,19,22)(H2,17,18,20,21,23). The Morgan fingerprint density at radius 1 is 1.26 bits per heavy atom. The second kappa shape index (κ2) is 7.43. The lowest BCUT2D eigenvalue weighted by atomic mass is 10.0. The van der Waals surface area contributed by atoms with Crippen molar-refractivity contribution in [2.75, 3.05) is 5.32 Å². The van der Waals surface area contributed by atoms with Gasteiger partial charge in [-0.15, -0.1) is 0 Å². The first-order valence-electron chi connectivity index (χ1n) is 6.80. The molecule has 1 aromatic carbocycles. The molecule has 1 atom stereocenters. The molecular formula is C14H15Cl2N5O2. The fourth-order valence-electron chi connectivity index (χ4n) is 1.89. The minimum atomic E-state index is -0.764. The van der Waals surface area contributed by atoms with Crippen molar-refractivity contribution in [3.63, 3.8) is 0 Å². The van der Waals surface area contributed by atoms with E-state index in [4.69, 9.17) is 23.2 Å². The van der Waals surface area contributed by atoms with E-state index in [-0.39, 0.29) is 22.5 Å². The molecule has 23 heavy (non-hydrogen) atoms. The Morgan fingerprint density at radius 2 is 2.00 bits per heavy atom. The number of carbonyl (C=O) groups is 2. The molecule has 0 saturated heterocycles. The Bertz CT molecular complexity index is 703. The largest absolute Gasteiger partial charge is 0.340 e. The summed E-state index contributed by atoms with van der Waals surface area (Å²) in [5.74, 6) is -0.805. The molecule has 0 aliphatic heterocycles. The number of nitrogens with one attached hydrogen (secondary N) is 3. The smallest absolute Gasteiger partial charge is 0.253 e. The lowest BCUT2D eigenvalue weighted by Gasteiger charge is -2.21. The number of aromatic nitrogens is 3. The van der Waals surface area contributed by atoms with Gasteiger partial charge >= 0.3 is 0 Å². The van der Waals surface area contributed by atoms with Crippen molar-refractivity contribution in [2.45, 2.75) is 19.9 Å². The lowest BCUT2D eigenvalue weighted by Crippen LogP contribution is -2.47. The predicted molar refractivity (Wildman–Crippen MR) is 87.6 cm³/mol. The zero-order valence-electron chi connectivity index (χ0n) is 12.4. The van der Waals surface area contributed by atoms with Crippen LogP contribution < -0.4 is 10.6 Å². The highest BCUT2D eigenvalue weighted by atomic mass is 35.5. The molecular weight excluding hydrogens is 341 g/mol. The van der Waals surface area contributed by atoms with Crippen LogP contribution in [0.3, 0.4) is 0 Å². The van der Waals surface area contributed by atoms with Crippen LogP contribution in [0.15, 0.2) is 24.5 Å². The summed E-state index contributed by atoms with van der Waals surface area (Å²) in [6.07, 6.45) is 1.27. The third-order valence-electron chi connectivity index (χ3n) is 3.07. The van der Waals surface area contributed by atoms with Crippen LogP contribution in [-0.2, 0) is 4.79 Å². The normalized spacial score (nSPS) is 12.0. The number of halogens is 2. The summed E-state index contributed by atoms with van der Waals surface area (Å²) in [5.41, 5.74) is 0.245. The van der Waals surface area contributed by atoms with Gasteiger partial charge in [-0.25, -0.2) is 5.10 Å². The van der Waals surface area contributed by atoms with E-state index in [2.05, 4.69) is 25.8 Å². The topological polar surface area (TPSA) is 99.8 Å². The fourth-order valence-corrected chi connectivity index (χ4v) is 2.38. The fraction of sp³-hybridized carbons (Fsp3) is 0.286. The first-order chi connectivity index (χ1) is 10.9. The van der Waals surface area contributed by atoms with Crippen molar-refractivity contribution in [3.8, 4) is 0 Å². The van der Waals surface area contributed by atoms with Crippen molar-refractivity contribution < 1.29 is 9.59 Å². The number of hydrogen-bond acceptors (Lipinski definition) is 4. The van der Waals surface area contributed by atoms with Crippen molar-refractivity contribution >= 4 is 41.0 Å². The Balaban J connectivity index is 2.12. The molecule has 122 valence electrons. The zero-order chi connectivity index (χ0) is 17.0. The van der Waals surface area contributed by atoms with Gasteiger partial charge in [-0.2, -0.15) is 10.1 Å². The number of nitrogens with zero attached hydrogens (tertiary/aromatic N) is 2. The summed E-state index contributed by atoms with van der Waals surface area (Å²) in [7, 11) is 0. The summed E-state index contributed by atoms with van der Waals surface area (Å²) in [6, 6.07) is 3.77. The van der Waals surface area contributed by atoms with Crippen LogP contribution in [0.4, 0.5) is 5.95 Å². The summed E-state index contributed by atoms with van der Waals surface area (Å²) in [5, 5.41) is 12.0. The molecule has 0 aliphatic rings. The van der Waals surface area contributed by atoms with Crippen LogP contribution in [0.25, 0.3) is 0 Å². The van der Waals surface area contributed by atoms with Crippen LogP contribution in [0.1, 0.15) is 24.2 Å². The van der Waals surface area contributed by atoms with Gasteiger partial charge in [0.05, 0.1) is 10.6 Å². The van der Waals surface area contributed by atoms with Crippen LogP contribution in [0, 0.1) is 5.92 Å². The van der Waals surface area contributed by atoms with Gasteiger partial charge in [0.15, 0.2) is 0 Å². The van der Waals surface area contributed by atoms with E-state index >= 15 is 0 Å². The molecule has 2 rings (SSSR count). The van der Waals surface area contributed by atoms with E-state index in [1.165, 1.54) is 18.5 Å². The van der Waals surface area contributed by atoms with E-state index in [0.29, 0.717) is 5.02 Å². The third-order valence-corrected chi connectivity index (χ3v) is 3.62. The maximum atomic E-state index is 12.3. The van der Waals surface area contributed by atoms with Crippen LogP contribution >= 0.6 is 23.2 Å². The van der Waals surface area contributed by atoms with Crippen LogP contribution in [0.2, 0.25) is 10.0 Å². The van der Waals surface area contributed by atoms with Gasteiger partial charge in [-0.3, -0.25) is 14.9 Å². The highest BCUT2D eigenvalue weighted by Gasteiger charge is 2.26. The average Bonchev–Trinajstić information content (AvgIpc) is 2.96. The SMILES string of the molecule is CC(C)C(NC(=O)c1ccc(Cl)cc1Cl)C(=O)Nc1ncn[nH]1. The number of benzene rings is 1. The number of anilines is 1. The quantitative estimate of drug-likeness (QED) is 0.766. The monoisotopic (exact) mass is 355 g/mol. The first-order valence-corrected chi connectivity index (χ1v) is 7.56. The van der Waals surface area contributed by atoms with Gasteiger partial charge < -0.3 is 5.32 Å². The molecule has 1 aromatic heterocycles. The first kappa shape index (κ1) is 17.2. The molecule has 0 bridgehead atoms. The van der Waals surface area contributed by atoms with Gasteiger partial charge in [0.1, 0.15) is 12.4 Å². The van der Waals surface area contributed by atoms with Crippen LogP contribution in [0.5, 0.6) is 0 Å². The number of rotatable bonds is 5. The molecule has 1 heterocycles. The number of carbonyl (C=O) groups excluding carboxylic acids is 2.